The predicted molar refractivity (Wildman–Crippen MR) is 106 cm³/mol. The first-order valence-corrected chi connectivity index (χ1v) is 9.56. The van der Waals surface area contributed by atoms with Crippen LogP contribution in [0.25, 0.3) is 0 Å². The zero-order valence-corrected chi connectivity index (χ0v) is 15.4. The van der Waals surface area contributed by atoms with Gasteiger partial charge in [0.25, 0.3) is 0 Å². The topological polar surface area (TPSA) is 92.5 Å². The molecule has 26 heavy (non-hydrogen) atoms. The maximum atomic E-state index is 6.32. The van der Waals surface area contributed by atoms with Crippen LogP contribution in [0, 0.1) is 0 Å². The van der Waals surface area contributed by atoms with Crippen LogP contribution in [0.4, 0.5) is 11.4 Å². The minimum Gasteiger partial charge on any atom is -0.495 e. The van der Waals surface area contributed by atoms with Crippen LogP contribution in [0.1, 0.15) is 44.9 Å². The second-order valence-electron chi connectivity index (χ2n) is 7.37. The molecule has 0 aromatic heterocycles. The zero-order chi connectivity index (χ0) is 18.1. The predicted octanol–water partition coefficient (Wildman–Crippen LogP) is 2.41. The van der Waals surface area contributed by atoms with E-state index in [9.17, 15) is 0 Å². The fourth-order valence-electron chi connectivity index (χ4n) is 4.52. The molecule has 1 saturated carbocycles. The highest BCUT2D eigenvalue weighted by molar-refractivity contribution is 6.05. The fraction of sp³-hybridized carbons (Fsp3) is 0.579. The average molecular weight is 356 g/mol. The molecule has 3 aliphatic rings. The van der Waals surface area contributed by atoms with Crippen molar-refractivity contribution in [2.75, 3.05) is 30.0 Å². The highest BCUT2D eigenvalue weighted by atomic mass is 16.5. The normalized spacial score (nSPS) is 22.3. The molecule has 1 spiro atoms. The van der Waals surface area contributed by atoms with Gasteiger partial charge in [-0.15, -0.1) is 0 Å². The number of rotatable bonds is 3. The Morgan fingerprint density at radius 3 is 2.46 bits per heavy atom. The van der Waals surface area contributed by atoms with Gasteiger partial charge >= 0.3 is 0 Å². The van der Waals surface area contributed by atoms with E-state index in [1.54, 1.807) is 7.11 Å². The standard InChI is InChI=1S/C19H28N6O/c1-26-16-13-14(7-8-15(16)24-11-5-6-12-24)25-18(21)22-17(20)23-19(25)9-3-2-4-10-19/h7-8,13H,2-6,9-12H2,1H3,(H4,20,21,22,23). The highest BCUT2D eigenvalue weighted by Crippen LogP contribution is 2.42. The molecule has 0 amide bonds. The molecule has 0 bridgehead atoms. The van der Waals surface area contributed by atoms with Crippen molar-refractivity contribution in [3.05, 3.63) is 18.2 Å². The van der Waals surface area contributed by atoms with E-state index >= 15 is 0 Å². The van der Waals surface area contributed by atoms with Crippen molar-refractivity contribution in [1.82, 2.24) is 0 Å². The fourth-order valence-corrected chi connectivity index (χ4v) is 4.52. The van der Waals surface area contributed by atoms with Crippen molar-refractivity contribution in [3.8, 4) is 5.75 Å². The molecule has 1 aliphatic carbocycles. The lowest BCUT2D eigenvalue weighted by Crippen LogP contribution is -2.58. The highest BCUT2D eigenvalue weighted by Gasteiger charge is 2.42. The van der Waals surface area contributed by atoms with E-state index < -0.39 is 5.66 Å². The molecule has 4 N–H and O–H groups in total. The Balaban J connectivity index is 1.73. The first kappa shape index (κ1) is 17.0. The number of aliphatic imine (C=N–C) groups is 2. The smallest absolute Gasteiger partial charge is 0.220 e. The van der Waals surface area contributed by atoms with Crippen LogP contribution < -0.4 is 26.0 Å². The van der Waals surface area contributed by atoms with Crippen LogP contribution in [0.5, 0.6) is 5.75 Å². The number of ether oxygens (including phenoxy) is 1. The zero-order valence-electron chi connectivity index (χ0n) is 15.4. The number of hydrogen-bond acceptors (Lipinski definition) is 7. The van der Waals surface area contributed by atoms with Gasteiger partial charge in [-0.05, 0) is 50.7 Å². The summed E-state index contributed by atoms with van der Waals surface area (Å²) < 4.78 is 5.71. The maximum Gasteiger partial charge on any atom is 0.220 e. The molecule has 1 aromatic carbocycles. The number of nitrogens with two attached hydrogens (primary N) is 2. The van der Waals surface area contributed by atoms with Crippen LogP contribution in [0.15, 0.2) is 28.2 Å². The minimum atomic E-state index is -0.422. The largest absolute Gasteiger partial charge is 0.495 e. The Bertz CT molecular complexity index is 732. The Labute approximate surface area is 154 Å². The van der Waals surface area contributed by atoms with Gasteiger partial charge < -0.3 is 21.1 Å². The number of nitrogens with zero attached hydrogens (tertiary/aromatic N) is 4. The summed E-state index contributed by atoms with van der Waals surface area (Å²) in [5.41, 5.74) is 14.0. The first-order chi connectivity index (χ1) is 12.6. The maximum absolute atomic E-state index is 6.32. The summed E-state index contributed by atoms with van der Waals surface area (Å²) in [7, 11) is 1.72. The molecule has 2 aliphatic heterocycles. The Kier molecular flexibility index (Phi) is 4.38. The Hall–Kier alpha value is -2.44. The summed E-state index contributed by atoms with van der Waals surface area (Å²) in [5.74, 6) is 1.56. The SMILES string of the molecule is COc1cc(N2C(N)=NC(N)=NC23CCCCC3)ccc1N1CCCC1. The molecular formula is C19H28N6O. The third kappa shape index (κ3) is 2.85. The molecule has 7 nitrogen and oxygen atoms in total. The summed E-state index contributed by atoms with van der Waals surface area (Å²) in [4.78, 5) is 13.4. The number of anilines is 2. The van der Waals surface area contributed by atoms with Crippen molar-refractivity contribution in [3.63, 3.8) is 0 Å². The van der Waals surface area contributed by atoms with Crippen molar-refractivity contribution in [2.45, 2.75) is 50.6 Å². The Morgan fingerprint density at radius 2 is 1.77 bits per heavy atom. The van der Waals surface area contributed by atoms with Gasteiger partial charge in [-0.2, -0.15) is 4.99 Å². The van der Waals surface area contributed by atoms with Gasteiger partial charge in [0.1, 0.15) is 11.4 Å². The van der Waals surface area contributed by atoms with Gasteiger partial charge in [0, 0.05) is 19.2 Å². The van der Waals surface area contributed by atoms with Crippen molar-refractivity contribution in [2.24, 2.45) is 21.5 Å². The second-order valence-corrected chi connectivity index (χ2v) is 7.37. The number of methoxy groups -OCH3 is 1. The third-order valence-corrected chi connectivity index (χ3v) is 5.72. The summed E-state index contributed by atoms with van der Waals surface area (Å²) >= 11 is 0. The van der Waals surface area contributed by atoms with Crippen LogP contribution in [-0.2, 0) is 0 Å². The molecule has 140 valence electrons. The number of benzene rings is 1. The number of guanidine groups is 2. The quantitative estimate of drug-likeness (QED) is 0.867. The van der Waals surface area contributed by atoms with Crippen LogP contribution in [-0.4, -0.2) is 37.8 Å². The third-order valence-electron chi connectivity index (χ3n) is 5.72. The van der Waals surface area contributed by atoms with Gasteiger partial charge in [-0.1, -0.05) is 6.42 Å². The molecular weight excluding hydrogens is 328 g/mol. The van der Waals surface area contributed by atoms with E-state index in [-0.39, 0.29) is 5.96 Å². The van der Waals surface area contributed by atoms with Gasteiger partial charge in [-0.25, -0.2) is 4.99 Å². The van der Waals surface area contributed by atoms with Crippen LogP contribution >= 0.6 is 0 Å². The van der Waals surface area contributed by atoms with Crippen LogP contribution in [0.2, 0.25) is 0 Å². The van der Waals surface area contributed by atoms with Gasteiger partial charge in [0.15, 0.2) is 0 Å². The van der Waals surface area contributed by atoms with E-state index in [1.807, 2.05) is 0 Å². The second kappa shape index (κ2) is 6.70. The summed E-state index contributed by atoms with van der Waals surface area (Å²) in [6.45, 7) is 2.15. The minimum absolute atomic E-state index is 0.279. The van der Waals surface area contributed by atoms with Gasteiger partial charge in [0.2, 0.25) is 11.9 Å². The summed E-state index contributed by atoms with van der Waals surface area (Å²) in [6, 6.07) is 6.29. The molecule has 4 rings (SSSR count). The van der Waals surface area contributed by atoms with E-state index in [0.717, 1.165) is 55.9 Å². The molecule has 7 heteroatoms. The van der Waals surface area contributed by atoms with Gasteiger partial charge in [0.05, 0.1) is 18.5 Å². The number of hydrogen-bond donors (Lipinski definition) is 2. The van der Waals surface area contributed by atoms with E-state index in [4.69, 9.17) is 21.2 Å². The van der Waals surface area contributed by atoms with E-state index in [0.29, 0.717) is 5.96 Å². The van der Waals surface area contributed by atoms with E-state index in [2.05, 4.69) is 33.0 Å². The molecule has 0 unspecified atom stereocenters. The van der Waals surface area contributed by atoms with Crippen molar-refractivity contribution < 1.29 is 4.74 Å². The lowest BCUT2D eigenvalue weighted by molar-refractivity contribution is 0.305. The van der Waals surface area contributed by atoms with E-state index in [1.165, 1.54) is 19.3 Å². The van der Waals surface area contributed by atoms with Crippen molar-refractivity contribution in [1.29, 1.82) is 0 Å². The first-order valence-electron chi connectivity index (χ1n) is 9.56. The summed E-state index contributed by atoms with van der Waals surface area (Å²) in [5, 5.41) is 0. The lowest BCUT2D eigenvalue weighted by Gasteiger charge is -2.45. The lowest BCUT2D eigenvalue weighted by atomic mass is 9.87. The average Bonchev–Trinajstić information content (AvgIpc) is 3.16. The molecule has 1 saturated heterocycles. The van der Waals surface area contributed by atoms with Crippen LogP contribution in [0.3, 0.4) is 0 Å². The Morgan fingerprint density at radius 1 is 1.04 bits per heavy atom. The van der Waals surface area contributed by atoms with Gasteiger partial charge in [-0.3, -0.25) is 4.90 Å². The molecule has 2 fully saturated rings. The molecule has 0 radical (unpaired) electrons. The monoisotopic (exact) mass is 356 g/mol. The molecule has 2 heterocycles. The summed E-state index contributed by atoms with van der Waals surface area (Å²) in [6.07, 6.45) is 7.77. The molecule has 1 aromatic rings. The van der Waals surface area contributed by atoms with Crippen molar-refractivity contribution >= 4 is 23.3 Å². The molecule has 0 atom stereocenters.